The summed E-state index contributed by atoms with van der Waals surface area (Å²) < 4.78 is 8.72. The van der Waals surface area contributed by atoms with Crippen LogP contribution in [0.3, 0.4) is 0 Å². The fraction of sp³-hybridized carbons (Fsp3) is 0.394. The lowest BCUT2D eigenvalue weighted by Crippen LogP contribution is -2.27. The van der Waals surface area contributed by atoms with E-state index >= 15 is 0 Å². The lowest BCUT2D eigenvalue weighted by atomic mass is 9.91. The van der Waals surface area contributed by atoms with Gasteiger partial charge in [-0.25, -0.2) is 9.78 Å². The van der Waals surface area contributed by atoms with Crippen molar-refractivity contribution in [2.75, 3.05) is 13.1 Å². The number of piperidine rings is 1. The first-order valence-corrected chi connectivity index (χ1v) is 14.5. The zero-order valence-electron chi connectivity index (χ0n) is 22.4. The number of aryl methyl sites for hydroxylation is 1. The third kappa shape index (κ3) is 5.71. The van der Waals surface area contributed by atoms with Gasteiger partial charge in [0.25, 0.3) is 0 Å². The number of ether oxygens (including phenoxy) is 1. The van der Waals surface area contributed by atoms with Gasteiger partial charge >= 0.3 is 5.97 Å². The molecule has 4 aromatic rings. The van der Waals surface area contributed by atoms with Gasteiger partial charge in [-0.05, 0) is 112 Å². The minimum Gasteiger partial charge on any atom is -0.478 e. The summed E-state index contributed by atoms with van der Waals surface area (Å²) in [6.07, 6.45) is 10.7. The van der Waals surface area contributed by atoms with Gasteiger partial charge in [-0.1, -0.05) is 37.5 Å². The summed E-state index contributed by atoms with van der Waals surface area (Å²) in [6.45, 7) is 2.26. The van der Waals surface area contributed by atoms with Crippen LogP contribution in [-0.4, -0.2) is 33.7 Å². The molecule has 0 spiro atoms. The summed E-state index contributed by atoms with van der Waals surface area (Å²) in [5.41, 5.74) is 4.28. The number of benzene rings is 3. The Kier molecular flexibility index (Phi) is 7.64. The number of carboxylic acid groups (broad SMARTS) is 1. The molecule has 0 radical (unpaired) electrons. The van der Waals surface area contributed by atoms with Gasteiger partial charge in [0, 0.05) is 11.6 Å². The Morgan fingerprint density at radius 2 is 1.72 bits per heavy atom. The number of hydrogen-bond acceptors (Lipinski definition) is 4. The Morgan fingerprint density at radius 1 is 0.949 bits per heavy atom. The molecule has 1 saturated heterocycles. The summed E-state index contributed by atoms with van der Waals surface area (Å²) in [4.78, 5) is 16.5. The normalized spacial score (nSPS) is 16.9. The van der Waals surface area contributed by atoms with Crippen LogP contribution in [0.25, 0.3) is 22.4 Å². The van der Waals surface area contributed by atoms with Crippen LogP contribution >= 0.6 is 0 Å². The first-order chi connectivity index (χ1) is 19.2. The lowest BCUT2D eigenvalue weighted by Gasteiger charge is -2.25. The molecule has 0 unspecified atom stereocenters. The average Bonchev–Trinajstić information content (AvgIpc) is 3.37. The molecule has 1 aliphatic carbocycles. The molecule has 6 heteroatoms. The van der Waals surface area contributed by atoms with Crippen molar-refractivity contribution >= 4 is 17.0 Å². The molecule has 6 nitrogen and oxygen atoms in total. The smallest absolute Gasteiger partial charge is 0.335 e. The molecular weight excluding hydrogens is 486 g/mol. The number of imidazole rings is 1. The predicted octanol–water partition coefficient (Wildman–Crippen LogP) is 7.63. The van der Waals surface area contributed by atoms with Crippen molar-refractivity contribution in [3.05, 3.63) is 77.9 Å². The summed E-state index contributed by atoms with van der Waals surface area (Å²) in [5, 5.41) is 13.0. The summed E-state index contributed by atoms with van der Waals surface area (Å²) >= 11 is 0. The molecule has 0 amide bonds. The molecule has 202 valence electrons. The molecule has 1 aromatic heterocycles. The molecular formula is C33H37N3O3. The Hall–Kier alpha value is -3.64. The third-order valence-corrected chi connectivity index (χ3v) is 8.47. The van der Waals surface area contributed by atoms with Gasteiger partial charge in [0.1, 0.15) is 17.3 Å². The Labute approximate surface area is 230 Å². The number of hydrogen-bond donors (Lipinski definition) is 2. The highest BCUT2D eigenvalue weighted by Crippen LogP contribution is 2.37. The monoisotopic (exact) mass is 523 g/mol. The summed E-state index contributed by atoms with van der Waals surface area (Å²) in [5.74, 6) is 2.49. The van der Waals surface area contributed by atoms with E-state index in [1.54, 1.807) is 12.1 Å². The van der Waals surface area contributed by atoms with Gasteiger partial charge in [-0.2, -0.15) is 0 Å². The third-order valence-electron chi connectivity index (χ3n) is 8.47. The van der Waals surface area contributed by atoms with E-state index in [1.807, 2.05) is 24.3 Å². The van der Waals surface area contributed by atoms with Crippen molar-refractivity contribution in [3.8, 4) is 22.9 Å². The van der Waals surface area contributed by atoms with E-state index in [-0.39, 0.29) is 5.56 Å². The summed E-state index contributed by atoms with van der Waals surface area (Å²) in [6, 6.07) is 22.2. The van der Waals surface area contributed by atoms with Crippen molar-refractivity contribution in [3.63, 3.8) is 0 Å². The quantitative estimate of drug-likeness (QED) is 0.248. The van der Waals surface area contributed by atoms with E-state index in [9.17, 15) is 9.90 Å². The number of fused-ring (bicyclic) bond motifs is 1. The van der Waals surface area contributed by atoms with Crippen LogP contribution in [-0.2, 0) is 6.42 Å². The Balaban J connectivity index is 1.25. The minimum absolute atomic E-state index is 0.268. The molecule has 2 fully saturated rings. The van der Waals surface area contributed by atoms with Gasteiger partial charge in [0.2, 0.25) is 0 Å². The zero-order valence-corrected chi connectivity index (χ0v) is 22.4. The molecule has 2 heterocycles. The number of rotatable bonds is 8. The number of aromatic nitrogens is 2. The molecule has 1 saturated carbocycles. The highest BCUT2D eigenvalue weighted by atomic mass is 16.5. The van der Waals surface area contributed by atoms with E-state index in [2.05, 4.69) is 40.2 Å². The van der Waals surface area contributed by atoms with Crippen LogP contribution < -0.4 is 10.1 Å². The Bertz CT molecular complexity index is 1430. The highest BCUT2D eigenvalue weighted by molar-refractivity contribution is 5.93. The van der Waals surface area contributed by atoms with E-state index < -0.39 is 5.97 Å². The number of aromatic carboxylic acids is 1. The molecule has 3 aromatic carbocycles. The molecule has 6 rings (SSSR count). The molecule has 0 bridgehead atoms. The maximum atomic E-state index is 11.6. The van der Waals surface area contributed by atoms with Gasteiger partial charge < -0.3 is 19.7 Å². The second kappa shape index (κ2) is 11.6. The van der Waals surface area contributed by atoms with Gasteiger partial charge in [-0.3, -0.25) is 0 Å². The van der Waals surface area contributed by atoms with Crippen molar-refractivity contribution in [2.24, 2.45) is 5.92 Å². The van der Waals surface area contributed by atoms with Gasteiger partial charge in [0.05, 0.1) is 16.6 Å². The van der Waals surface area contributed by atoms with Gasteiger partial charge in [0.15, 0.2) is 0 Å². The first-order valence-electron chi connectivity index (χ1n) is 14.5. The molecule has 1 aliphatic heterocycles. The average molecular weight is 524 g/mol. The highest BCUT2D eigenvalue weighted by Gasteiger charge is 2.23. The standard InChI is InChI=1S/C33H37N3O3/c37-33(38)26-14-17-30-29(22-26)35-32(36(30)27-7-2-1-3-8-27)25-12-15-28(16-13-25)39-31-9-5-4-6-24(31)11-10-23-18-20-34-21-19-23/h4-6,9,12-17,22-23,27,34H,1-3,7-8,10-11,18-21H2,(H,37,38). The van der Waals surface area contributed by atoms with E-state index in [0.717, 1.165) is 72.2 Å². The van der Waals surface area contributed by atoms with Crippen molar-refractivity contribution < 1.29 is 14.6 Å². The zero-order chi connectivity index (χ0) is 26.6. The second-order valence-corrected chi connectivity index (χ2v) is 11.1. The Morgan fingerprint density at radius 3 is 2.49 bits per heavy atom. The maximum absolute atomic E-state index is 11.6. The van der Waals surface area contributed by atoms with E-state index in [0.29, 0.717) is 6.04 Å². The van der Waals surface area contributed by atoms with Crippen molar-refractivity contribution in [1.29, 1.82) is 0 Å². The van der Waals surface area contributed by atoms with Crippen LogP contribution in [0.15, 0.2) is 66.7 Å². The van der Waals surface area contributed by atoms with Crippen LogP contribution in [0, 0.1) is 5.92 Å². The number of nitrogens with zero attached hydrogens (tertiary/aromatic N) is 2. The van der Waals surface area contributed by atoms with E-state index in [1.165, 1.54) is 44.1 Å². The first kappa shape index (κ1) is 25.6. The van der Waals surface area contributed by atoms with Gasteiger partial charge in [-0.15, -0.1) is 0 Å². The fourth-order valence-corrected chi connectivity index (χ4v) is 6.28. The topological polar surface area (TPSA) is 76.4 Å². The van der Waals surface area contributed by atoms with Crippen molar-refractivity contribution in [1.82, 2.24) is 14.9 Å². The summed E-state index contributed by atoms with van der Waals surface area (Å²) in [7, 11) is 0. The van der Waals surface area contributed by atoms with Crippen molar-refractivity contribution in [2.45, 2.75) is 63.8 Å². The number of carboxylic acids is 1. The molecule has 39 heavy (non-hydrogen) atoms. The van der Waals surface area contributed by atoms with Crippen LogP contribution in [0.4, 0.5) is 0 Å². The lowest BCUT2D eigenvalue weighted by molar-refractivity contribution is 0.0697. The minimum atomic E-state index is -0.928. The van der Waals surface area contributed by atoms with Crippen LogP contribution in [0.2, 0.25) is 0 Å². The maximum Gasteiger partial charge on any atom is 0.335 e. The molecule has 2 aliphatic rings. The second-order valence-electron chi connectivity index (χ2n) is 11.1. The van der Waals surface area contributed by atoms with Crippen LogP contribution in [0.5, 0.6) is 11.5 Å². The SMILES string of the molecule is O=C(O)c1ccc2c(c1)nc(-c1ccc(Oc3ccccc3CCC3CCNCC3)cc1)n2C1CCCCC1. The van der Waals surface area contributed by atoms with E-state index in [4.69, 9.17) is 9.72 Å². The fourth-order valence-electron chi connectivity index (χ4n) is 6.28. The molecule has 2 N–H and O–H groups in total. The number of nitrogens with one attached hydrogen (secondary N) is 1. The number of para-hydroxylation sites is 1. The van der Waals surface area contributed by atoms with Crippen LogP contribution in [0.1, 0.15) is 73.3 Å². The largest absolute Gasteiger partial charge is 0.478 e. The predicted molar refractivity (Wildman–Crippen MR) is 155 cm³/mol. The molecule has 0 atom stereocenters. The number of carbonyl (C=O) groups is 1.